The third-order valence-corrected chi connectivity index (χ3v) is 3.58. The van der Waals surface area contributed by atoms with Gasteiger partial charge in [0.2, 0.25) is 5.91 Å². The number of amides is 1. The molecular weight excluding hydrogens is 266 g/mol. The average molecular weight is 289 g/mol. The number of fused-ring (bicyclic) bond motifs is 1. The second kappa shape index (κ2) is 7.24. The van der Waals surface area contributed by atoms with Gasteiger partial charge in [0, 0.05) is 44.3 Å². The molecule has 1 aromatic carbocycles. The highest BCUT2D eigenvalue weighted by atomic mass is 16.5. The molecule has 5 heteroatoms. The van der Waals surface area contributed by atoms with Crippen molar-refractivity contribution in [3.63, 3.8) is 0 Å². The first-order valence-corrected chi connectivity index (χ1v) is 7.16. The zero-order chi connectivity index (χ0) is 15.2. The first-order chi connectivity index (χ1) is 10.1. The van der Waals surface area contributed by atoms with Gasteiger partial charge in [-0.15, -0.1) is 0 Å². The number of methoxy groups -OCH3 is 1. The van der Waals surface area contributed by atoms with Crippen molar-refractivity contribution >= 4 is 16.8 Å². The van der Waals surface area contributed by atoms with E-state index in [1.807, 2.05) is 26.1 Å². The summed E-state index contributed by atoms with van der Waals surface area (Å²) in [7, 11) is 3.65. The van der Waals surface area contributed by atoms with Crippen LogP contribution in [0.4, 0.5) is 0 Å². The third kappa shape index (κ3) is 3.83. The number of aromatic nitrogens is 1. The summed E-state index contributed by atoms with van der Waals surface area (Å²) >= 11 is 0. The minimum atomic E-state index is -0.235. The normalized spacial score (nSPS) is 12.5. The SMILES string of the molecule is COCCNC(=O)C(C)NCc1cn(C)c2ccccc12. The summed E-state index contributed by atoms with van der Waals surface area (Å²) in [6, 6.07) is 8.04. The number of ether oxygens (including phenoxy) is 1. The number of hydrogen-bond acceptors (Lipinski definition) is 3. The van der Waals surface area contributed by atoms with E-state index in [9.17, 15) is 4.79 Å². The van der Waals surface area contributed by atoms with Crippen LogP contribution in [0.15, 0.2) is 30.5 Å². The number of aryl methyl sites for hydroxylation is 1. The second-order valence-electron chi connectivity index (χ2n) is 5.17. The first-order valence-electron chi connectivity index (χ1n) is 7.16. The summed E-state index contributed by atoms with van der Waals surface area (Å²) in [5, 5.41) is 7.32. The smallest absolute Gasteiger partial charge is 0.236 e. The lowest BCUT2D eigenvalue weighted by molar-refractivity contribution is -0.122. The van der Waals surface area contributed by atoms with Crippen LogP contribution in [-0.2, 0) is 23.1 Å². The molecule has 0 aliphatic rings. The molecule has 0 aliphatic heterocycles. The number of rotatable bonds is 7. The minimum absolute atomic E-state index is 0.00714. The monoisotopic (exact) mass is 289 g/mol. The van der Waals surface area contributed by atoms with Crippen LogP contribution in [0.5, 0.6) is 0 Å². The van der Waals surface area contributed by atoms with Crippen molar-refractivity contribution in [1.82, 2.24) is 15.2 Å². The highest BCUT2D eigenvalue weighted by Crippen LogP contribution is 2.19. The fourth-order valence-electron chi connectivity index (χ4n) is 2.35. The van der Waals surface area contributed by atoms with E-state index in [1.54, 1.807) is 7.11 Å². The van der Waals surface area contributed by atoms with Gasteiger partial charge in [-0.25, -0.2) is 0 Å². The van der Waals surface area contributed by atoms with Crippen LogP contribution in [-0.4, -0.2) is 36.8 Å². The maximum Gasteiger partial charge on any atom is 0.236 e. The molecule has 2 N–H and O–H groups in total. The molecule has 114 valence electrons. The van der Waals surface area contributed by atoms with E-state index < -0.39 is 0 Å². The summed E-state index contributed by atoms with van der Waals surface area (Å²) in [6.45, 7) is 3.60. The van der Waals surface area contributed by atoms with Crippen molar-refractivity contribution in [2.75, 3.05) is 20.3 Å². The maximum atomic E-state index is 11.9. The van der Waals surface area contributed by atoms with Crippen LogP contribution in [0.25, 0.3) is 10.9 Å². The fraction of sp³-hybridized carbons (Fsp3) is 0.438. The number of nitrogens with one attached hydrogen (secondary N) is 2. The lowest BCUT2D eigenvalue weighted by atomic mass is 10.1. The van der Waals surface area contributed by atoms with Crippen LogP contribution >= 0.6 is 0 Å². The summed E-state index contributed by atoms with van der Waals surface area (Å²) in [6.07, 6.45) is 2.10. The maximum absolute atomic E-state index is 11.9. The molecule has 1 heterocycles. The highest BCUT2D eigenvalue weighted by molar-refractivity contribution is 5.84. The van der Waals surface area contributed by atoms with E-state index in [2.05, 4.69) is 33.5 Å². The Bertz CT molecular complexity index is 607. The Morgan fingerprint density at radius 1 is 1.38 bits per heavy atom. The van der Waals surface area contributed by atoms with E-state index >= 15 is 0 Å². The Kier molecular flexibility index (Phi) is 5.36. The van der Waals surface area contributed by atoms with Gasteiger partial charge in [-0.05, 0) is 18.6 Å². The summed E-state index contributed by atoms with van der Waals surface area (Å²) in [5.74, 6) is -0.00714. The van der Waals surface area contributed by atoms with Crippen LogP contribution in [0.3, 0.4) is 0 Å². The van der Waals surface area contributed by atoms with Crippen molar-refractivity contribution in [1.29, 1.82) is 0 Å². The summed E-state index contributed by atoms with van der Waals surface area (Å²) in [5.41, 5.74) is 2.40. The van der Waals surface area contributed by atoms with Gasteiger partial charge in [-0.3, -0.25) is 4.79 Å². The van der Waals surface area contributed by atoms with E-state index in [4.69, 9.17) is 4.74 Å². The lowest BCUT2D eigenvalue weighted by Crippen LogP contribution is -2.42. The minimum Gasteiger partial charge on any atom is -0.383 e. The van der Waals surface area contributed by atoms with Crippen LogP contribution in [0.1, 0.15) is 12.5 Å². The predicted molar refractivity (Wildman–Crippen MR) is 84.1 cm³/mol. The summed E-state index contributed by atoms with van der Waals surface area (Å²) < 4.78 is 7.02. The average Bonchev–Trinajstić information content (AvgIpc) is 2.82. The molecule has 0 spiro atoms. The van der Waals surface area contributed by atoms with Gasteiger partial charge in [0.15, 0.2) is 0 Å². The zero-order valence-corrected chi connectivity index (χ0v) is 12.8. The molecule has 2 rings (SSSR count). The Labute approximate surface area is 125 Å². The fourth-order valence-corrected chi connectivity index (χ4v) is 2.35. The summed E-state index contributed by atoms with van der Waals surface area (Å²) in [4.78, 5) is 11.9. The first kappa shape index (κ1) is 15.5. The number of nitrogens with zero attached hydrogens (tertiary/aromatic N) is 1. The molecule has 1 aromatic heterocycles. The van der Waals surface area contributed by atoms with Gasteiger partial charge >= 0.3 is 0 Å². The lowest BCUT2D eigenvalue weighted by Gasteiger charge is -2.13. The number of para-hydroxylation sites is 1. The molecule has 1 atom stereocenters. The standard InChI is InChI=1S/C16H23N3O2/c1-12(16(20)17-8-9-21-3)18-10-13-11-19(2)15-7-5-4-6-14(13)15/h4-7,11-12,18H,8-10H2,1-3H3,(H,17,20). The van der Waals surface area contributed by atoms with Crippen molar-refractivity contribution in [2.45, 2.75) is 19.5 Å². The number of carbonyl (C=O) groups is 1. The van der Waals surface area contributed by atoms with Gasteiger partial charge in [0.05, 0.1) is 12.6 Å². The van der Waals surface area contributed by atoms with Crippen molar-refractivity contribution < 1.29 is 9.53 Å². The van der Waals surface area contributed by atoms with Gasteiger partial charge < -0.3 is 19.9 Å². The number of carbonyl (C=O) groups excluding carboxylic acids is 1. The molecule has 0 fully saturated rings. The van der Waals surface area contributed by atoms with E-state index in [0.29, 0.717) is 19.7 Å². The van der Waals surface area contributed by atoms with E-state index in [1.165, 1.54) is 16.5 Å². The Morgan fingerprint density at radius 2 is 2.14 bits per heavy atom. The van der Waals surface area contributed by atoms with Gasteiger partial charge in [-0.1, -0.05) is 18.2 Å². The van der Waals surface area contributed by atoms with E-state index in [0.717, 1.165) is 0 Å². The number of benzene rings is 1. The van der Waals surface area contributed by atoms with Gasteiger partial charge in [0.1, 0.15) is 0 Å². The molecule has 5 nitrogen and oxygen atoms in total. The van der Waals surface area contributed by atoms with Crippen LogP contribution in [0.2, 0.25) is 0 Å². The topological polar surface area (TPSA) is 55.3 Å². The zero-order valence-electron chi connectivity index (χ0n) is 12.8. The Hall–Kier alpha value is -1.85. The number of hydrogen-bond donors (Lipinski definition) is 2. The molecule has 2 aromatic rings. The van der Waals surface area contributed by atoms with Crippen molar-refractivity contribution in [2.24, 2.45) is 7.05 Å². The second-order valence-corrected chi connectivity index (χ2v) is 5.17. The molecule has 0 saturated carbocycles. The Balaban J connectivity index is 1.94. The van der Waals surface area contributed by atoms with Gasteiger partial charge in [0.25, 0.3) is 0 Å². The van der Waals surface area contributed by atoms with E-state index in [-0.39, 0.29) is 11.9 Å². The molecule has 0 radical (unpaired) electrons. The van der Waals surface area contributed by atoms with Crippen molar-refractivity contribution in [3.8, 4) is 0 Å². The van der Waals surface area contributed by atoms with Crippen LogP contribution < -0.4 is 10.6 Å². The Morgan fingerprint density at radius 3 is 2.90 bits per heavy atom. The molecular formula is C16H23N3O2. The molecule has 1 unspecified atom stereocenters. The third-order valence-electron chi connectivity index (χ3n) is 3.58. The van der Waals surface area contributed by atoms with Gasteiger partial charge in [-0.2, -0.15) is 0 Å². The molecule has 21 heavy (non-hydrogen) atoms. The molecule has 0 saturated heterocycles. The van der Waals surface area contributed by atoms with Crippen LogP contribution in [0, 0.1) is 0 Å². The molecule has 1 amide bonds. The largest absolute Gasteiger partial charge is 0.383 e. The highest BCUT2D eigenvalue weighted by Gasteiger charge is 2.13. The quantitative estimate of drug-likeness (QED) is 0.758. The predicted octanol–water partition coefficient (Wildman–Crippen LogP) is 1.42. The molecule has 0 aliphatic carbocycles. The molecule has 0 bridgehead atoms. The van der Waals surface area contributed by atoms with Crippen molar-refractivity contribution in [3.05, 3.63) is 36.0 Å².